The van der Waals surface area contributed by atoms with Crippen LogP contribution in [-0.4, -0.2) is 15.9 Å². The highest BCUT2D eigenvalue weighted by Crippen LogP contribution is 2.31. The smallest absolute Gasteiger partial charge is 0.359 e. The van der Waals surface area contributed by atoms with E-state index in [1.807, 2.05) is 32.9 Å². The molecule has 0 saturated heterocycles. The maximum atomic E-state index is 11.6. The highest BCUT2D eigenvalue weighted by Gasteiger charge is 2.36. The van der Waals surface area contributed by atoms with Gasteiger partial charge in [-0.05, 0) is 12.5 Å². The molecule has 0 N–H and O–H groups in total. The van der Waals surface area contributed by atoms with Gasteiger partial charge in [-0.25, -0.2) is 4.79 Å². The van der Waals surface area contributed by atoms with Gasteiger partial charge in [0.05, 0.1) is 0 Å². The van der Waals surface area contributed by atoms with E-state index in [0.29, 0.717) is 0 Å². The van der Waals surface area contributed by atoms with Gasteiger partial charge in [0, 0.05) is 5.41 Å². The summed E-state index contributed by atoms with van der Waals surface area (Å²) in [6, 6.07) is 0. The summed E-state index contributed by atoms with van der Waals surface area (Å²) in [5, 5.41) is 0. The third-order valence-electron chi connectivity index (χ3n) is 2.35. The van der Waals surface area contributed by atoms with Gasteiger partial charge in [0.2, 0.25) is 0 Å². The topological polar surface area (TPSA) is 26.3 Å². The van der Waals surface area contributed by atoms with Gasteiger partial charge in [-0.1, -0.05) is 81.4 Å². The van der Waals surface area contributed by atoms with Gasteiger partial charge in [-0.3, -0.25) is 0 Å². The minimum Gasteiger partial charge on any atom is -0.454 e. The van der Waals surface area contributed by atoms with Crippen LogP contribution < -0.4 is 0 Å². The maximum Gasteiger partial charge on any atom is 0.359 e. The number of esters is 1. The van der Waals surface area contributed by atoms with Crippen molar-refractivity contribution in [1.29, 1.82) is 0 Å². The first-order valence-corrected chi connectivity index (χ1v) is 7.17. The lowest BCUT2D eigenvalue weighted by atomic mass is 9.88. The molecule has 1 atom stereocenters. The number of halogens is 3. The Kier molecular flexibility index (Phi) is 7.65. The molecular weight excluding hydrogens is 295 g/mol. The summed E-state index contributed by atoms with van der Waals surface area (Å²) in [7, 11) is 0. The van der Waals surface area contributed by atoms with Crippen LogP contribution in [0, 0.1) is 5.41 Å². The van der Waals surface area contributed by atoms with E-state index in [1.165, 1.54) is 0 Å². The maximum absolute atomic E-state index is 11.6. The number of hydrogen-bond donors (Lipinski definition) is 0. The third-order valence-corrected chi connectivity index (χ3v) is 2.82. The van der Waals surface area contributed by atoms with Crippen LogP contribution >= 0.6 is 34.8 Å². The summed E-state index contributed by atoms with van der Waals surface area (Å²) >= 11 is 16.5. The zero-order chi connectivity index (χ0) is 14.4. The lowest BCUT2D eigenvalue weighted by Gasteiger charge is -2.29. The SMILES string of the molecule is CCCC/C=C\[C@H](OC(=O)C(Cl)(Cl)Cl)C(C)(C)C. The van der Waals surface area contributed by atoms with E-state index in [4.69, 9.17) is 39.5 Å². The van der Waals surface area contributed by atoms with Crippen LogP contribution in [0.3, 0.4) is 0 Å². The molecule has 0 aliphatic rings. The van der Waals surface area contributed by atoms with Gasteiger partial charge in [0.25, 0.3) is 3.79 Å². The van der Waals surface area contributed by atoms with Gasteiger partial charge in [-0.2, -0.15) is 0 Å². The Morgan fingerprint density at radius 3 is 2.22 bits per heavy atom. The Morgan fingerprint density at radius 2 is 1.83 bits per heavy atom. The molecule has 0 aromatic rings. The number of allylic oxidation sites excluding steroid dienone is 1. The molecule has 18 heavy (non-hydrogen) atoms. The van der Waals surface area contributed by atoms with Crippen molar-refractivity contribution in [2.75, 3.05) is 0 Å². The molecule has 0 unspecified atom stereocenters. The van der Waals surface area contributed by atoms with Gasteiger partial charge in [0.1, 0.15) is 6.10 Å². The molecule has 5 heteroatoms. The lowest BCUT2D eigenvalue weighted by molar-refractivity contribution is -0.150. The Bertz CT molecular complexity index is 288. The molecule has 0 amide bonds. The third kappa shape index (κ3) is 7.50. The fourth-order valence-corrected chi connectivity index (χ4v) is 1.36. The molecule has 0 saturated carbocycles. The molecule has 0 bridgehead atoms. The summed E-state index contributed by atoms with van der Waals surface area (Å²) in [5.74, 6) is -0.840. The summed E-state index contributed by atoms with van der Waals surface area (Å²) in [5.41, 5.74) is -0.242. The number of hydrogen-bond acceptors (Lipinski definition) is 2. The van der Waals surface area contributed by atoms with Crippen LogP contribution in [0.25, 0.3) is 0 Å². The van der Waals surface area contributed by atoms with Crippen LogP contribution in [0.5, 0.6) is 0 Å². The lowest BCUT2D eigenvalue weighted by Crippen LogP contribution is -2.34. The minimum absolute atomic E-state index is 0.242. The van der Waals surface area contributed by atoms with Crippen molar-refractivity contribution >= 4 is 40.8 Å². The Hall–Kier alpha value is 0.0800. The highest BCUT2D eigenvalue weighted by atomic mass is 35.6. The summed E-state index contributed by atoms with van der Waals surface area (Å²) in [6.45, 7) is 8.02. The van der Waals surface area contributed by atoms with Crippen LogP contribution in [0.1, 0.15) is 47.0 Å². The second kappa shape index (κ2) is 7.62. The van der Waals surface area contributed by atoms with Crippen molar-refractivity contribution in [2.45, 2.75) is 56.9 Å². The van der Waals surface area contributed by atoms with Crippen LogP contribution in [0.15, 0.2) is 12.2 Å². The van der Waals surface area contributed by atoms with Crippen molar-refractivity contribution < 1.29 is 9.53 Å². The number of rotatable bonds is 5. The number of unbranched alkanes of at least 4 members (excludes halogenated alkanes) is 2. The monoisotopic (exact) mass is 314 g/mol. The van der Waals surface area contributed by atoms with Crippen LogP contribution in [0.2, 0.25) is 0 Å². The van der Waals surface area contributed by atoms with Crippen LogP contribution in [-0.2, 0) is 9.53 Å². The molecule has 0 aromatic heterocycles. The van der Waals surface area contributed by atoms with Gasteiger partial charge in [0.15, 0.2) is 0 Å². The predicted molar refractivity (Wildman–Crippen MR) is 78.3 cm³/mol. The fraction of sp³-hybridized carbons (Fsp3) is 0.769. The number of carbonyl (C=O) groups is 1. The molecular formula is C13H21Cl3O2. The second-order valence-electron chi connectivity index (χ2n) is 5.26. The fourth-order valence-electron chi connectivity index (χ4n) is 1.23. The van der Waals surface area contributed by atoms with E-state index in [-0.39, 0.29) is 5.41 Å². The quantitative estimate of drug-likeness (QED) is 0.307. The van der Waals surface area contributed by atoms with Gasteiger partial charge in [-0.15, -0.1) is 0 Å². The van der Waals surface area contributed by atoms with Crippen molar-refractivity contribution in [3.8, 4) is 0 Å². The predicted octanol–water partition coefficient (Wildman–Crippen LogP) is 5.06. The van der Waals surface area contributed by atoms with Crippen molar-refractivity contribution in [2.24, 2.45) is 5.41 Å². The molecule has 0 radical (unpaired) electrons. The second-order valence-corrected chi connectivity index (χ2v) is 7.54. The van der Waals surface area contributed by atoms with E-state index in [2.05, 4.69) is 6.92 Å². The Balaban J connectivity index is 4.62. The van der Waals surface area contributed by atoms with Crippen molar-refractivity contribution in [3.05, 3.63) is 12.2 Å². The summed E-state index contributed by atoms with van der Waals surface area (Å²) < 4.78 is 3.21. The molecule has 2 nitrogen and oxygen atoms in total. The van der Waals surface area contributed by atoms with Gasteiger partial charge < -0.3 is 4.74 Å². The van der Waals surface area contributed by atoms with Gasteiger partial charge >= 0.3 is 5.97 Å². The average Bonchev–Trinajstić information content (AvgIpc) is 2.19. The zero-order valence-corrected chi connectivity index (χ0v) is 13.6. The minimum atomic E-state index is -2.03. The highest BCUT2D eigenvalue weighted by molar-refractivity contribution is 6.75. The van der Waals surface area contributed by atoms with E-state index in [9.17, 15) is 4.79 Å². The molecule has 0 rings (SSSR count). The van der Waals surface area contributed by atoms with E-state index < -0.39 is 15.9 Å². The van der Waals surface area contributed by atoms with E-state index in [1.54, 1.807) is 0 Å². The number of ether oxygens (including phenoxy) is 1. The molecule has 0 aliphatic carbocycles. The Labute approximate surface area is 125 Å². The standard InChI is InChI=1S/C13H21Cl3O2/c1-5-6-7-8-9-10(12(2,3)4)18-11(17)13(14,15)16/h8-10H,5-7H2,1-4H3/b9-8-/t10-/m0/s1. The number of carbonyl (C=O) groups excluding carboxylic acids is 1. The molecule has 106 valence electrons. The number of alkyl halides is 3. The summed E-state index contributed by atoms with van der Waals surface area (Å²) in [4.78, 5) is 11.6. The normalized spacial score (nSPS) is 14.8. The molecule has 0 aromatic carbocycles. The molecule has 0 heterocycles. The Morgan fingerprint density at radius 1 is 1.28 bits per heavy atom. The van der Waals surface area contributed by atoms with E-state index in [0.717, 1.165) is 19.3 Å². The first-order valence-electron chi connectivity index (χ1n) is 6.03. The largest absolute Gasteiger partial charge is 0.454 e. The molecule has 0 spiro atoms. The zero-order valence-electron chi connectivity index (χ0n) is 11.3. The van der Waals surface area contributed by atoms with E-state index >= 15 is 0 Å². The molecule has 0 fully saturated rings. The van der Waals surface area contributed by atoms with Crippen molar-refractivity contribution in [3.63, 3.8) is 0 Å². The first-order chi connectivity index (χ1) is 8.09. The van der Waals surface area contributed by atoms with Crippen molar-refractivity contribution in [1.82, 2.24) is 0 Å². The molecule has 0 aliphatic heterocycles. The average molecular weight is 316 g/mol. The first kappa shape index (κ1) is 18.1. The van der Waals surface area contributed by atoms with Crippen LogP contribution in [0.4, 0.5) is 0 Å². The summed E-state index contributed by atoms with van der Waals surface area (Å²) in [6.07, 6.45) is 6.64.